The first kappa shape index (κ1) is 25.7. The summed E-state index contributed by atoms with van der Waals surface area (Å²) < 4.78 is 0. The van der Waals surface area contributed by atoms with E-state index in [1.165, 1.54) is 25.6 Å². The third kappa shape index (κ3) is 10.1. The zero-order valence-corrected chi connectivity index (χ0v) is 16.9. The normalized spacial score (nSPS) is 14.9. The van der Waals surface area contributed by atoms with E-state index < -0.39 is 53.8 Å². The van der Waals surface area contributed by atoms with Crippen molar-refractivity contribution in [2.45, 2.75) is 57.3 Å². The highest BCUT2D eigenvalue weighted by molar-refractivity contribution is 7.98. The largest absolute Gasteiger partial charge is 0.481 e. The number of carboxylic acid groups (broad SMARTS) is 2. The number of rotatable bonds is 13. The quantitative estimate of drug-likeness (QED) is 0.206. The highest BCUT2D eigenvalue weighted by Gasteiger charge is 2.27. The molecular formula is C16H28N4O7S. The molecule has 0 fully saturated rings. The van der Waals surface area contributed by atoms with E-state index in [0.29, 0.717) is 5.75 Å². The summed E-state index contributed by atoms with van der Waals surface area (Å²) in [5.74, 6) is -3.74. The molecule has 12 heteroatoms. The average Bonchev–Trinajstić information content (AvgIpc) is 2.62. The van der Waals surface area contributed by atoms with Gasteiger partial charge in [-0.2, -0.15) is 11.8 Å². The Kier molecular flexibility index (Phi) is 11.9. The van der Waals surface area contributed by atoms with Crippen molar-refractivity contribution in [3.05, 3.63) is 0 Å². The number of nitrogens with two attached hydrogens (primary N) is 1. The first-order chi connectivity index (χ1) is 13.0. The van der Waals surface area contributed by atoms with Crippen LogP contribution in [0.5, 0.6) is 0 Å². The summed E-state index contributed by atoms with van der Waals surface area (Å²) >= 11 is 1.45. The van der Waals surface area contributed by atoms with Gasteiger partial charge >= 0.3 is 11.9 Å². The van der Waals surface area contributed by atoms with Gasteiger partial charge in [0.25, 0.3) is 0 Å². The lowest BCUT2D eigenvalue weighted by atomic mass is 10.1. The van der Waals surface area contributed by atoms with E-state index in [0.717, 1.165) is 0 Å². The zero-order valence-electron chi connectivity index (χ0n) is 16.1. The molecule has 0 radical (unpaired) electrons. The van der Waals surface area contributed by atoms with Gasteiger partial charge in [-0.25, -0.2) is 0 Å². The summed E-state index contributed by atoms with van der Waals surface area (Å²) in [4.78, 5) is 57.9. The van der Waals surface area contributed by atoms with Crippen molar-refractivity contribution >= 4 is 41.4 Å². The zero-order chi connectivity index (χ0) is 21.9. The van der Waals surface area contributed by atoms with Gasteiger partial charge in [-0.15, -0.1) is 0 Å². The molecule has 3 amide bonds. The number of amides is 3. The minimum absolute atomic E-state index is 0.0794. The SMILES string of the molecule is CSCCC(NC(=O)C(N)CCC(=O)O)C(=O)NC(C)C(=O)NC(C)C(=O)O. The molecule has 0 rings (SSSR count). The Labute approximate surface area is 167 Å². The number of hydrogen-bond donors (Lipinski definition) is 6. The van der Waals surface area contributed by atoms with Gasteiger partial charge in [0.1, 0.15) is 18.1 Å². The van der Waals surface area contributed by atoms with E-state index in [9.17, 15) is 24.0 Å². The number of carbonyl (C=O) groups is 5. The van der Waals surface area contributed by atoms with E-state index in [1.54, 1.807) is 0 Å². The lowest BCUT2D eigenvalue weighted by molar-refractivity contribution is -0.141. The van der Waals surface area contributed by atoms with Crippen molar-refractivity contribution in [2.24, 2.45) is 5.73 Å². The molecule has 0 aliphatic rings. The molecule has 28 heavy (non-hydrogen) atoms. The van der Waals surface area contributed by atoms with Crippen LogP contribution in [0.1, 0.15) is 33.1 Å². The molecule has 0 spiro atoms. The van der Waals surface area contributed by atoms with Crippen LogP contribution < -0.4 is 21.7 Å². The highest BCUT2D eigenvalue weighted by atomic mass is 32.2. The van der Waals surface area contributed by atoms with Gasteiger partial charge in [0.2, 0.25) is 17.7 Å². The molecule has 0 aromatic rings. The lowest BCUT2D eigenvalue weighted by Crippen LogP contribution is -2.56. The first-order valence-corrected chi connectivity index (χ1v) is 9.99. The third-order valence-corrected chi connectivity index (χ3v) is 4.37. The number of aliphatic carboxylic acids is 2. The molecule has 160 valence electrons. The molecular weight excluding hydrogens is 392 g/mol. The van der Waals surface area contributed by atoms with Crippen LogP contribution in [0, 0.1) is 0 Å². The van der Waals surface area contributed by atoms with Crippen LogP contribution in [-0.4, -0.2) is 76.0 Å². The van der Waals surface area contributed by atoms with Crippen molar-refractivity contribution in [2.75, 3.05) is 12.0 Å². The highest BCUT2D eigenvalue weighted by Crippen LogP contribution is 2.04. The molecule has 4 unspecified atom stereocenters. The van der Waals surface area contributed by atoms with Gasteiger partial charge in [0.05, 0.1) is 6.04 Å². The topological polar surface area (TPSA) is 188 Å². The fraction of sp³-hybridized carbons (Fsp3) is 0.688. The standard InChI is InChI=1S/C16H28N4O7S/c1-8(13(23)19-9(2)16(26)27)18-15(25)11(6-7-28-3)20-14(24)10(17)4-5-12(21)22/h8-11H,4-7,17H2,1-3H3,(H,18,25)(H,19,23)(H,20,24)(H,21,22)(H,26,27). The van der Waals surface area contributed by atoms with Crippen LogP contribution in [-0.2, 0) is 24.0 Å². The molecule has 4 atom stereocenters. The van der Waals surface area contributed by atoms with Gasteiger partial charge in [0, 0.05) is 6.42 Å². The second kappa shape index (κ2) is 12.9. The van der Waals surface area contributed by atoms with Gasteiger partial charge in [-0.1, -0.05) is 0 Å². The third-order valence-electron chi connectivity index (χ3n) is 3.73. The molecule has 0 bridgehead atoms. The summed E-state index contributed by atoms with van der Waals surface area (Å²) in [5, 5.41) is 24.6. The van der Waals surface area contributed by atoms with Crippen molar-refractivity contribution in [3.8, 4) is 0 Å². The van der Waals surface area contributed by atoms with Crippen LogP contribution in [0.4, 0.5) is 0 Å². The summed E-state index contributed by atoms with van der Waals surface area (Å²) in [6, 6.07) is -4.20. The average molecular weight is 420 g/mol. The molecule has 0 aromatic heterocycles. The van der Waals surface area contributed by atoms with Gasteiger partial charge in [-0.3, -0.25) is 24.0 Å². The van der Waals surface area contributed by atoms with Crippen molar-refractivity contribution < 1.29 is 34.2 Å². The van der Waals surface area contributed by atoms with E-state index in [2.05, 4.69) is 16.0 Å². The predicted molar refractivity (Wildman–Crippen MR) is 103 cm³/mol. The van der Waals surface area contributed by atoms with Gasteiger partial charge in [-0.05, 0) is 38.7 Å². The van der Waals surface area contributed by atoms with E-state index in [-0.39, 0.29) is 19.3 Å². The summed E-state index contributed by atoms with van der Waals surface area (Å²) in [6.45, 7) is 2.67. The Morgan fingerprint density at radius 3 is 1.96 bits per heavy atom. The molecule has 0 saturated carbocycles. The molecule has 0 aliphatic heterocycles. The summed E-state index contributed by atoms with van der Waals surface area (Å²) in [6.07, 6.45) is 1.72. The predicted octanol–water partition coefficient (Wildman–Crippen LogP) is -1.49. The smallest absolute Gasteiger partial charge is 0.325 e. The molecule has 11 nitrogen and oxygen atoms in total. The van der Waals surface area contributed by atoms with Crippen molar-refractivity contribution in [1.82, 2.24) is 16.0 Å². The number of nitrogens with one attached hydrogen (secondary N) is 3. The van der Waals surface area contributed by atoms with Gasteiger partial charge < -0.3 is 31.9 Å². The number of carbonyl (C=O) groups excluding carboxylic acids is 3. The Balaban J connectivity index is 4.87. The van der Waals surface area contributed by atoms with Crippen LogP contribution in [0.25, 0.3) is 0 Å². The van der Waals surface area contributed by atoms with Crippen LogP contribution in [0.15, 0.2) is 0 Å². The summed E-state index contributed by atoms with van der Waals surface area (Å²) in [5.41, 5.74) is 5.64. The fourth-order valence-corrected chi connectivity index (χ4v) is 2.44. The molecule has 0 heterocycles. The molecule has 0 aliphatic carbocycles. The van der Waals surface area contributed by atoms with Gasteiger partial charge in [0.15, 0.2) is 0 Å². The van der Waals surface area contributed by atoms with Crippen LogP contribution in [0.2, 0.25) is 0 Å². The second-order valence-corrected chi connectivity index (χ2v) is 7.17. The summed E-state index contributed by atoms with van der Waals surface area (Å²) in [7, 11) is 0. The Morgan fingerprint density at radius 2 is 1.46 bits per heavy atom. The molecule has 0 aromatic carbocycles. The van der Waals surface area contributed by atoms with Crippen molar-refractivity contribution in [3.63, 3.8) is 0 Å². The maximum atomic E-state index is 12.4. The van der Waals surface area contributed by atoms with E-state index >= 15 is 0 Å². The Hall–Kier alpha value is -2.34. The first-order valence-electron chi connectivity index (χ1n) is 8.59. The minimum atomic E-state index is -1.22. The maximum Gasteiger partial charge on any atom is 0.325 e. The fourth-order valence-electron chi connectivity index (χ4n) is 1.97. The monoisotopic (exact) mass is 420 g/mol. The minimum Gasteiger partial charge on any atom is -0.481 e. The molecule has 7 N–H and O–H groups in total. The number of carboxylic acids is 2. The number of hydrogen-bond acceptors (Lipinski definition) is 7. The van der Waals surface area contributed by atoms with Crippen LogP contribution >= 0.6 is 11.8 Å². The van der Waals surface area contributed by atoms with E-state index in [4.69, 9.17) is 15.9 Å². The Bertz CT molecular complexity index is 587. The maximum absolute atomic E-state index is 12.4. The lowest BCUT2D eigenvalue weighted by Gasteiger charge is -2.23. The second-order valence-electron chi connectivity index (χ2n) is 6.18. The van der Waals surface area contributed by atoms with Crippen molar-refractivity contribution in [1.29, 1.82) is 0 Å². The molecule has 0 saturated heterocycles. The Morgan fingerprint density at radius 1 is 0.893 bits per heavy atom. The van der Waals surface area contributed by atoms with E-state index in [1.807, 2.05) is 6.26 Å². The van der Waals surface area contributed by atoms with Crippen LogP contribution in [0.3, 0.4) is 0 Å². The number of thioether (sulfide) groups is 1.